The Morgan fingerprint density at radius 1 is 1.17 bits per heavy atom. The maximum absolute atomic E-state index is 12.8. The molecule has 120 valence electrons. The van der Waals surface area contributed by atoms with Gasteiger partial charge in [0.2, 0.25) is 0 Å². The van der Waals surface area contributed by atoms with Crippen LogP contribution < -0.4 is 0 Å². The lowest BCUT2D eigenvalue weighted by molar-refractivity contribution is 0.103. The highest BCUT2D eigenvalue weighted by atomic mass is 35.5. The van der Waals surface area contributed by atoms with E-state index in [4.69, 9.17) is 11.6 Å². The smallest absolute Gasteiger partial charge is 0.283 e. The van der Waals surface area contributed by atoms with Gasteiger partial charge in [0, 0.05) is 28.1 Å². The molecule has 1 aliphatic heterocycles. The van der Waals surface area contributed by atoms with Crippen molar-refractivity contribution in [2.75, 3.05) is 0 Å². The average Bonchev–Trinajstić information content (AvgIpc) is 2.79. The predicted molar refractivity (Wildman–Crippen MR) is 92.5 cm³/mol. The Labute approximate surface area is 144 Å². The fourth-order valence-corrected chi connectivity index (χ4v) is 4.58. The maximum atomic E-state index is 12.8. The third-order valence-electron chi connectivity index (χ3n) is 4.22. The van der Waals surface area contributed by atoms with E-state index in [-0.39, 0.29) is 10.7 Å². The zero-order chi connectivity index (χ0) is 17.1. The molecule has 0 saturated carbocycles. The molecule has 0 bridgehead atoms. The van der Waals surface area contributed by atoms with Crippen molar-refractivity contribution >= 4 is 33.1 Å². The first-order chi connectivity index (χ1) is 11.4. The molecule has 24 heavy (non-hydrogen) atoms. The van der Waals surface area contributed by atoms with Gasteiger partial charge in [-0.1, -0.05) is 35.9 Å². The van der Waals surface area contributed by atoms with Crippen molar-refractivity contribution in [2.24, 2.45) is 4.40 Å². The van der Waals surface area contributed by atoms with E-state index in [0.29, 0.717) is 33.9 Å². The number of carbonyl (C=O) groups is 1. The van der Waals surface area contributed by atoms with E-state index < -0.39 is 10.0 Å². The molecule has 0 unspecified atom stereocenters. The van der Waals surface area contributed by atoms with Gasteiger partial charge in [-0.3, -0.25) is 4.79 Å². The Balaban J connectivity index is 1.83. The van der Waals surface area contributed by atoms with Crippen molar-refractivity contribution in [3.63, 3.8) is 0 Å². The van der Waals surface area contributed by atoms with Gasteiger partial charge in [0.05, 0.1) is 10.6 Å². The number of nitrogens with zero attached hydrogens (tertiary/aromatic N) is 1. The van der Waals surface area contributed by atoms with Crippen molar-refractivity contribution in [1.82, 2.24) is 0 Å². The Bertz CT molecular complexity index is 1080. The molecule has 2 aliphatic rings. The zero-order valence-electron chi connectivity index (χ0n) is 12.7. The molecule has 1 aliphatic carbocycles. The normalized spacial score (nSPS) is 17.3. The zero-order valence-corrected chi connectivity index (χ0v) is 14.3. The second-order valence-corrected chi connectivity index (χ2v) is 7.88. The standard InChI is InChI=1S/C18H12ClNO3S/c1-10-5-6-11(14(19)7-10)8-12-9-15-17-13(18(12)21)3-2-4-16(17)24(22,23)20-15/h2-7,9H,8H2,1H3. The quantitative estimate of drug-likeness (QED) is 0.826. The molecule has 1 heterocycles. The Morgan fingerprint density at radius 2 is 1.96 bits per heavy atom. The number of sulfonamides is 1. The number of hydrogen-bond acceptors (Lipinski definition) is 3. The summed E-state index contributed by atoms with van der Waals surface area (Å²) in [6.07, 6.45) is 1.90. The molecule has 4 nitrogen and oxygen atoms in total. The monoisotopic (exact) mass is 357 g/mol. The number of hydrogen-bond donors (Lipinski definition) is 0. The fraction of sp³-hybridized carbons (Fsp3) is 0.111. The minimum Gasteiger partial charge on any atom is -0.289 e. The van der Waals surface area contributed by atoms with Gasteiger partial charge in [-0.2, -0.15) is 12.8 Å². The van der Waals surface area contributed by atoms with Crippen LogP contribution in [0.25, 0.3) is 0 Å². The minimum absolute atomic E-state index is 0.104. The van der Waals surface area contributed by atoms with Crippen LogP contribution in [-0.4, -0.2) is 19.9 Å². The molecule has 0 spiro atoms. The third-order valence-corrected chi connectivity index (χ3v) is 5.90. The van der Waals surface area contributed by atoms with Gasteiger partial charge in [-0.05, 0) is 36.3 Å². The summed E-state index contributed by atoms with van der Waals surface area (Å²) in [7, 11) is -3.72. The molecule has 0 saturated heterocycles. The molecule has 4 rings (SSSR count). The van der Waals surface area contributed by atoms with Crippen molar-refractivity contribution in [1.29, 1.82) is 0 Å². The van der Waals surface area contributed by atoms with Crippen LogP contribution >= 0.6 is 11.6 Å². The van der Waals surface area contributed by atoms with E-state index in [2.05, 4.69) is 4.40 Å². The van der Waals surface area contributed by atoms with E-state index in [9.17, 15) is 13.2 Å². The second-order valence-electron chi connectivity index (χ2n) is 5.90. The first-order valence-corrected chi connectivity index (χ1v) is 9.17. The Kier molecular flexibility index (Phi) is 3.27. The Hall–Kier alpha value is -2.24. The van der Waals surface area contributed by atoms with Gasteiger partial charge in [-0.15, -0.1) is 0 Å². The van der Waals surface area contributed by atoms with Gasteiger partial charge in [-0.25, -0.2) is 0 Å². The first kappa shape index (κ1) is 15.3. The molecule has 6 heteroatoms. The summed E-state index contributed by atoms with van der Waals surface area (Å²) in [6.45, 7) is 1.94. The van der Waals surface area contributed by atoms with Crippen molar-refractivity contribution in [3.05, 3.63) is 75.3 Å². The van der Waals surface area contributed by atoms with E-state index in [0.717, 1.165) is 11.1 Å². The summed E-state index contributed by atoms with van der Waals surface area (Å²) in [5.41, 5.74) is 3.48. The largest absolute Gasteiger partial charge is 0.289 e. The van der Waals surface area contributed by atoms with Crippen LogP contribution in [0.5, 0.6) is 0 Å². The van der Waals surface area contributed by atoms with Gasteiger partial charge in [0.15, 0.2) is 5.78 Å². The molecular weight excluding hydrogens is 346 g/mol. The molecule has 0 fully saturated rings. The fourth-order valence-electron chi connectivity index (χ4n) is 3.06. The lowest BCUT2D eigenvalue weighted by Crippen LogP contribution is -2.18. The van der Waals surface area contributed by atoms with E-state index in [1.165, 1.54) is 6.07 Å². The number of Topliss-reactive ketones (excluding diaryl/α,β-unsaturated/α-hetero) is 1. The molecular formula is C18H12ClNO3S. The predicted octanol–water partition coefficient (Wildman–Crippen LogP) is 3.51. The topological polar surface area (TPSA) is 63.6 Å². The van der Waals surface area contributed by atoms with E-state index >= 15 is 0 Å². The van der Waals surface area contributed by atoms with Crippen molar-refractivity contribution in [3.8, 4) is 0 Å². The Morgan fingerprint density at radius 3 is 2.71 bits per heavy atom. The lowest BCUT2D eigenvalue weighted by atomic mass is 9.86. The minimum atomic E-state index is -3.72. The van der Waals surface area contributed by atoms with Crippen LogP contribution in [0.4, 0.5) is 0 Å². The summed E-state index contributed by atoms with van der Waals surface area (Å²) in [5.74, 6) is -0.181. The molecule has 0 aromatic heterocycles. The third kappa shape index (κ3) is 2.24. The molecule has 0 radical (unpaired) electrons. The summed E-state index contributed by atoms with van der Waals surface area (Å²) < 4.78 is 28.0. The van der Waals surface area contributed by atoms with Crippen molar-refractivity contribution < 1.29 is 13.2 Å². The first-order valence-electron chi connectivity index (χ1n) is 7.35. The lowest BCUT2D eigenvalue weighted by Gasteiger charge is -2.16. The van der Waals surface area contributed by atoms with Gasteiger partial charge >= 0.3 is 0 Å². The number of aryl methyl sites for hydroxylation is 1. The summed E-state index contributed by atoms with van der Waals surface area (Å²) in [5, 5.41) is 0.587. The van der Waals surface area contributed by atoms with Crippen LogP contribution in [-0.2, 0) is 16.4 Å². The average molecular weight is 358 g/mol. The van der Waals surface area contributed by atoms with Crippen LogP contribution in [0.15, 0.2) is 57.3 Å². The molecule has 2 aromatic carbocycles. The van der Waals surface area contributed by atoms with Crippen LogP contribution in [0.2, 0.25) is 5.02 Å². The maximum Gasteiger partial charge on any atom is 0.283 e. The number of ketones is 1. The number of allylic oxidation sites excluding steroid dienone is 2. The number of halogens is 1. The molecule has 0 atom stereocenters. The van der Waals surface area contributed by atoms with E-state index in [1.807, 2.05) is 25.1 Å². The van der Waals surface area contributed by atoms with Gasteiger partial charge < -0.3 is 0 Å². The highest BCUT2D eigenvalue weighted by molar-refractivity contribution is 7.90. The second kappa shape index (κ2) is 5.13. The molecule has 2 aromatic rings. The number of carbonyl (C=O) groups excluding carboxylic acids is 1. The van der Waals surface area contributed by atoms with Gasteiger partial charge in [0.1, 0.15) is 0 Å². The molecule has 0 N–H and O–H groups in total. The van der Waals surface area contributed by atoms with Gasteiger partial charge in [0.25, 0.3) is 10.0 Å². The molecule has 0 amide bonds. The summed E-state index contributed by atoms with van der Waals surface area (Å²) >= 11 is 6.26. The summed E-state index contributed by atoms with van der Waals surface area (Å²) in [6, 6.07) is 10.3. The highest BCUT2D eigenvalue weighted by Crippen LogP contribution is 2.35. The SMILES string of the molecule is Cc1ccc(CC2=CC3=NS(=O)(=O)c4cccc(c43)C2=O)c(Cl)c1. The van der Waals surface area contributed by atoms with Crippen molar-refractivity contribution in [2.45, 2.75) is 18.2 Å². The number of benzene rings is 2. The van der Waals surface area contributed by atoms with E-state index in [1.54, 1.807) is 18.2 Å². The number of rotatable bonds is 2. The highest BCUT2D eigenvalue weighted by Gasteiger charge is 2.35. The summed E-state index contributed by atoms with van der Waals surface area (Å²) in [4.78, 5) is 12.9. The van der Waals surface area contributed by atoms with Crippen LogP contribution in [0.1, 0.15) is 27.0 Å². The van der Waals surface area contributed by atoms with Crippen LogP contribution in [0, 0.1) is 6.92 Å². The van der Waals surface area contributed by atoms with Crippen LogP contribution in [0.3, 0.4) is 0 Å².